The molecule has 4 aromatic rings. The van der Waals surface area contributed by atoms with Crippen LogP contribution in [-0.2, 0) is 0 Å². The second-order valence-corrected chi connectivity index (χ2v) is 6.54. The quantitative estimate of drug-likeness (QED) is 0.373. The molecule has 0 fully saturated rings. The van der Waals surface area contributed by atoms with Gasteiger partial charge in [0.1, 0.15) is 5.69 Å². The maximum Gasteiger partial charge on any atom is 0.275 e. The molecule has 0 atom stereocenters. The number of hydrogen-bond donors (Lipinski definition) is 2. The fourth-order valence-electron chi connectivity index (χ4n) is 2.97. The first kappa shape index (κ1) is 19.8. The van der Waals surface area contributed by atoms with Crippen LogP contribution in [0.1, 0.15) is 15.9 Å². The Morgan fingerprint density at radius 2 is 2.00 bits per heavy atom. The minimum Gasteiger partial charge on any atom is -0.504 e. The van der Waals surface area contributed by atoms with Crippen LogP contribution >= 0.6 is 0 Å². The fraction of sp³-hybridized carbons (Fsp3) is 0.0435. The van der Waals surface area contributed by atoms with Crippen molar-refractivity contribution in [1.29, 1.82) is 0 Å². The van der Waals surface area contributed by atoms with Gasteiger partial charge in [-0.25, -0.2) is 10.1 Å². The molecule has 0 aliphatic carbocycles. The summed E-state index contributed by atoms with van der Waals surface area (Å²) in [5.41, 5.74) is 5.58. The average Bonchev–Trinajstić information content (AvgIpc) is 3.27. The number of phenolic OH excluding ortho intramolecular Hbond substituents is 1. The third-order valence-corrected chi connectivity index (χ3v) is 4.50. The number of phenols is 1. The van der Waals surface area contributed by atoms with Gasteiger partial charge in [0.15, 0.2) is 11.5 Å². The van der Waals surface area contributed by atoms with E-state index < -0.39 is 5.91 Å². The third kappa shape index (κ3) is 4.43. The predicted octanol–water partition coefficient (Wildman–Crippen LogP) is 3.41. The first-order valence-corrected chi connectivity index (χ1v) is 9.41. The van der Waals surface area contributed by atoms with Crippen LogP contribution < -0.4 is 10.2 Å². The van der Waals surface area contributed by atoms with Crippen LogP contribution in [0.15, 0.2) is 84.4 Å². The van der Waals surface area contributed by atoms with Crippen molar-refractivity contribution in [1.82, 2.24) is 20.2 Å². The van der Waals surface area contributed by atoms with Gasteiger partial charge < -0.3 is 9.84 Å². The molecule has 8 nitrogen and oxygen atoms in total. The van der Waals surface area contributed by atoms with Gasteiger partial charge in [-0.3, -0.25) is 9.78 Å². The summed E-state index contributed by atoms with van der Waals surface area (Å²) in [5, 5.41) is 18.3. The van der Waals surface area contributed by atoms with Gasteiger partial charge in [0.2, 0.25) is 0 Å². The number of pyridine rings is 1. The fourth-order valence-corrected chi connectivity index (χ4v) is 2.97. The molecule has 0 bridgehead atoms. The number of methoxy groups -OCH3 is 1. The lowest BCUT2D eigenvalue weighted by Crippen LogP contribution is -2.18. The van der Waals surface area contributed by atoms with Gasteiger partial charge in [-0.05, 0) is 48.0 Å². The molecule has 8 heteroatoms. The monoisotopic (exact) mass is 413 g/mol. The number of amides is 1. The van der Waals surface area contributed by atoms with E-state index in [2.05, 4.69) is 20.6 Å². The van der Waals surface area contributed by atoms with E-state index in [1.165, 1.54) is 19.4 Å². The Morgan fingerprint density at radius 3 is 2.74 bits per heavy atom. The molecule has 154 valence electrons. The number of benzene rings is 2. The summed E-state index contributed by atoms with van der Waals surface area (Å²) in [6.07, 6.45) is 6.44. The molecule has 2 aromatic heterocycles. The lowest BCUT2D eigenvalue weighted by Gasteiger charge is -2.03. The normalized spacial score (nSPS) is 10.9. The van der Waals surface area contributed by atoms with Gasteiger partial charge in [-0.15, -0.1) is 0 Å². The Morgan fingerprint density at radius 1 is 1.16 bits per heavy atom. The summed E-state index contributed by atoms with van der Waals surface area (Å²) in [6.45, 7) is 0. The molecule has 4 rings (SSSR count). The van der Waals surface area contributed by atoms with E-state index in [1.807, 2.05) is 36.4 Å². The summed E-state index contributed by atoms with van der Waals surface area (Å²) in [5.74, 6) is -0.0700. The molecular weight excluding hydrogens is 394 g/mol. The zero-order valence-corrected chi connectivity index (χ0v) is 16.6. The molecule has 2 aromatic carbocycles. The molecule has 0 aliphatic rings. The van der Waals surface area contributed by atoms with Crippen LogP contribution in [0.25, 0.3) is 16.9 Å². The van der Waals surface area contributed by atoms with Gasteiger partial charge in [0.25, 0.3) is 5.91 Å². The van der Waals surface area contributed by atoms with Crippen LogP contribution in [0.4, 0.5) is 0 Å². The van der Waals surface area contributed by atoms with E-state index in [0.29, 0.717) is 22.6 Å². The zero-order valence-electron chi connectivity index (χ0n) is 16.6. The Labute approximate surface area is 178 Å². The summed E-state index contributed by atoms with van der Waals surface area (Å²) in [7, 11) is 1.46. The number of ether oxygens (including phenoxy) is 1. The van der Waals surface area contributed by atoms with E-state index in [-0.39, 0.29) is 5.75 Å². The second-order valence-electron chi connectivity index (χ2n) is 6.54. The molecule has 1 amide bonds. The minimum absolute atomic E-state index is 0.0260. The Balaban J connectivity index is 1.61. The summed E-state index contributed by atoms with van der Waals surface area (Å²) >= 11 is 0. The molecule has 2 N–H and O–H groups in total. The van der Waals surface area contributed by atoms with E-state index in [0.717, 1.165) is 11.3 Å². The number of hydrazone groups is 1. The van der Waals surface area contributed by atoms with Crippen molar-refractivity contribution in [3.63, 3.8) is 0 Å². The number of hydrogen-bond acceptors (Lipinski definition) is 6. The van der Waals surface area contributed by atoms with Gasteiger partial charge in [0.05, 0.1) is 24.6 Å². The third-order valence-electron chi connectivity index (χ3n) is 4.50. The van der Waals surface area contributed by atoms with Crippen molar-refractivity contribution in [2.24, 2.45) is 5.10 Å². The van der Waals surface area contributed by atoms with Crippen molar-refractivity contribution in [3.05, 3.63) is 90.4 Å². The van der Waals surface area contributed by atoms with Gasteiger partial charge >= 0.3 is 0 Å². The smallest absolute Gasteiger partial charge is 0.275 e. The molecule has 2 heterocycles. The lowest BCUT2D eigenvalue weighted by molar-refractivity contribution is 0.0955. The van der Waals surface area contributed by atoms with Crippen LogP contribution in [0.3, 0.4) is 0 Å². The molecule has 31 heavy (non-hydrogen) atoms. The second kappa shape index (κ2) is 8.91. The standard InChI is InChI=1S/C23H19N5O3/c1-31-21-12-16(9-10-20(21)29)13-25-26-23(30)19-15-28(18-7-3-2-4-8-18)27-22(19)17-6-5-11-24-14-17/h2-15,29H,1H3,(H,26,30)/b25-13+. The number of aromatic nitrogens is 3. The zero-order chi connectivity index (χ0) is 21.6. The first-order valence-electron chi connectivity index (χ1n) is 9.41. The number of nitrogens with zero attached hydrogens (tertiary/aromatic N) is 4. The maximum atomic E-state index is 12.9. The summed E-state index contributed by atoms with van der Waals surface area (Å²) in [6, 6.07) is 17.9. The number of carbonyl (C=O) groups is 1. The molecule has 0 unspecified atom stereocenters. The van der Waals surface area contributed by atoms with Crippen molar-refractivity contribution in [2.75, 3.05) is 7.11 Å². The molecule has 0 radical (unpaired) electrons. The SMILES string of the molecule is COc1cc(/C=N/NC(=O)c2cn(-c3ccccc3)nc2-c2cccnc2)ccc1O. The molecule has 0 aliphatic heterocycles. The van der Waals surface area contributed by atoms with Crippen molar-refractivity contribution >= 4 is 12.1 Å². The predicted molar refractivity (Wildman–Crippen MR) is 117 cm³/mol. The summed E-state index contributed by atoms with van der Waals surface area (Å²) in [4.78, 5) is 17.0. The van der Waals surface area contributed by atoms with E-state index in [9.17, 15) is 9.90 Å². The minimum atomic E-state index is -0.414. The van der Waals surface area contributed by atoms with Gasteiger partial charge in [-0.1, -0.05) is 18.2 Å². The van der Waals surface area contributed by atoms with Gasteiger partial charge in [0, 0.05) is 24.2 Å². The molecular formula is C23H19N5O3. The van der Waals surface area contributed by atoms with Gasteiger partial charge in [-0.2, -0.15) is 10.2 Å². The van der Waals surface area contributed by atoms with Crippen LogP contribution in [0.2, 0.25) is 0 Å². The largest absolute Gasteiger partial charge is 0.504 e. The molecule has 0 saturated carbocycles. The number of nitrogens with one attached hydrogen (secondary N) is 1. The molecule has 0 saturated heterocycles. The molecule has 0 spiro atoms. The number of carbonyl (C=O) groups excluding carboxylic acids is 1. The van der Waals surface area contributed by atoms with Crippen LogP contribution in [-0.4, -0.2) is 39.1 Å². The van der Waals surface area contributed by atoms with E-state index in [1.54, 1.807) is 41.5 Å². The van der Waals surface area contributed by atoms with Crippen molar-refractivity contribution in [3.8, 4) is 28.4 Å². The first-order chi connectivity index (χ1) is 15.2. The average molecular weight is 413 g/mol. The Bertz CT molecular complexity index is 1220. The Kier molecular flexibility index (Phi) is 5.70. The topological polar surface area (TPSA) is 102 Å². The van der Waals surface area contributed by atoms with Crippen LogP contribution in [0, 0.1) is 0 Å². The highest BCUT2D eigenvalue weighted by Crippen LogP contribution is 2.26. The summed E-state index contributed by atoms with van der Waals surface area (Å²) < 4.78 is 6.72. The number of aromatic hydroxyl groups is 1. The highest BCUT2D eigenvalue weighted by atomic mass is 16.5. The number of rotatable bonds is 6. The highest BCUT2D eigenvalue weighted by molar-refractivity contribution is 6.00. The lowest BCUT2D eigenvalue weighted by atomic mass is 10.1. The Hall–Kier alpha value is -4.46. The maximum absolute atomic E-state index is 12.9. The van der Waals surface area contributed by atoms with Crippen molar-refractivity contribution < 1.29 is 14.6 Å². The van der Waals surface area contributed by atoms with Crippen LogP contribution in [0.5, 0.6) is 11.5 Å². The van der Waals surface area contributed by atoms with E-state index >= 15 is 0 Å². The van der Waals surface area contributed by atoms with E-state index in [4.69, 9.17) is 4.74 Å². The highest BCUT2D eigenvalue weighted by Gasteiger charge is 2.18. The number of para-hydroxylation sites is 1. The van der Waals surface area contributed by atoms with Crippen molar-refractivity contribution in [2.45, 2.75) is 0 Å².